The van der Waals surface area contributed by atoms with Crippen LogP contribution in [0, 0.1) is 0 Å². The summed E-state index contributed by atoms with van der Waals surface area (Å²) in [5, 5.41) is 12.3. The summed E-state index contributed by atoms with van der Waals surface area (Å²) in [4.78, 5) is 6.15. The highest BCUT2D eigenvalue weighted by molar-refractivity contribution is 4.76. The number of nitrogens with zero attached hydrogens (tertiary/aromatic N) is 3. The molecule has 1 aromatic rings. The van der Waals surface area contributed by atoms with Gasteiger partial charge in [0.05, 0.1) is 6.54 Å². The van der Waals surface area contributed by atoms with Crippen LogP contribution in [-0.4, -0.2) is 39.3 Å². The maximum absolute atomic E-state index is 8.74. The van der Waals surface area contributed by atoms with Crippen LogP contribution in [0.15, 0.2) is 10.9 Å². The molecule has 1 rings (SSSR count). The molecule has 0 unspecified atom stereocenters. The molecule has 0 atom stereocenters. The predicted molar refractivity (Wildman–Crippen MR) is 51.5 cm³/mol. The Bertz CT molecular complexity index is 236. The Morgan fingerprint density at radius 1 is 1.57 bits per heavy atom. The van der Waals surface area contributed by atoms with E-state index < -0.39 is 0 Å². The van der Waals surface area contributed by atoms with Gasteiger partial charge in [0.15, 0.2) is 6.33 Å². The molecule has 5 heteroatoms. The van der Waals surface area contributed by atoms with Crippen molar-refractivity contribution in [3.63, 3.8) is 0 Å². The number of hydrogen-bond donors (Lipinski definition) is 1. The lowest BCUT2D eigenvalue weighted by atomic mass is 10.3. The van der Waals surface area contributed by atoms with Gasteiger partial charge in [0.25, 0.3) is 0 Å². The molecule has 1 heterocycles. The van der Waals surface area contributed by atoms with Crippen LogP contribution in [-0.2, 0) is 6.54 Å². The molecule has 0 radical (unpaired) electrons. The van der Waals surface area contributed by atoms with Gasteiger partial charge in [-0.3, -0.25) is 4.90 Å². The third kappa shape index (κ3) is 3.43. The molecule has 0 aliphatic carbocycles. The first-order valence-electron chi connectivity index (χ1n) is 4.84. The molecule has 1 N–H and O–H groups in total. The lowest BCUT2D eigenvalue weighted by molar-refractivity contribution is 0.165. The number of aromatic nitrogens is 2. The van der Waals surface area contributed by atoms with Crippen LogP contribution in [0.5, 0.6) is 0 Å². The monoisotopic (exact) mass is 199 g/mol. The van der Waals surface area contributed by atoms with E-state index in [4.69, 9.17) is 9.63 Å². The highest BCUT2D eigenvalue weighted by atomic mass is 16.5. The highest BCUT2D eigenvalue weighted by Crippen LogP contribution is 2.05. The standard InChI is InChI=1S/C9H17N3O2/c1-8(2)12(4-3-5-13)6-9-10-7-11-14-9/h7-8,13H,3-6H2,1-2H3. The van der Waals surface area contributed by atoms with Crippen molar-refractivity contribution in [3.8, 4) is 0 Å². The van der Waals surface area contributed by atoms with Gasteiger partial charge in [0.1, 0.15) is 0 Å². The zero-order valence-corrected chi connectivity index (χ0v) is 8.68. The predicted octanol–water partition coefficient (Wildman–Crippen LogP) is 0.662. The molecule has 80 valence electrons. The molecular formula is C9H17N3O2. The van der Waals surface area contributed by atoms with Crippen molar-refractivity contribution < 1.29 is 9.63 Å². The fourth-order valence-corrected chi connectivity index (χ4v) is 1.23. The molecule has 1 aromatic heterocycles. The minimum atomic E-state index is 0.215. The van der Waals surface area contributed by atoms with Gasteiger partial charge in [-0.2, -0.15) is 4.98 Å². The van der Waals surface area contributed by atoms with Gasteiger partial charge in [0.2, 0.25) is 5.89 Å². The first-order valence-corrected chi connectivity index (χ1v) is 4.84. The molecule has 0 bridgehead atoms. The van der Waals surface area contributed by atoms with Crippen LogP contribution in [0.3, 0.4) is 0 Å². The number of rotatable bonds is 6. The normalized spacial score (nSPS) is 11.5. The Kier molecular flexibility index (Phi) is 4.55. The van der Waals surface area contributed by atoms with Crippen molar-refractivity contribution in [2.75, 3.05) is 13.2 Å². The maximum Gasteiger partial charge on any atom is 0.240 e. The number of aliphatic hydroxyl groups is 1. The van der Waals surface area contributed by atoms with Crippen LogP contribution in [0.25, 0.3) is 0 Å². The largest absolute Gasteiger partial charge is 0.396 e. The van der Waals surface area contributed by atoms with E-state index >= 15 is 0 Å². The van der Waals surface area contributed by atoms with E-state index in [1.165, 1.54) is 6.33 Å². The minimum absolute atomic E-state index is 0.215. The Balaban J connectivity index is 2.43. The summed E-state index contributed by atoms with van der Waals surface area (Å²) < 4.78 is 4.93. The maximum atomic E-state index is 8.74. The Labute approximate surface area is 83.7 Å². The Morgan fingerprint density at radius 2 is 2.36 bits per heavy atom. The van der Waals surface area contributed by atoms with E-state index in [0.717, 1.165) is 13.0 Å². The topological polar surface area (TPSA) is 62.4 Å². The van der Waals surface area contributed by atoms with Crippen LogP contribution in [0.2, 0.25) is 0 Å². The molecule has 0 saturated carbocycles. The summed E-state index contributed by atoms with van der Waals surface area (Å²) in [5.41, 5.74) is 0. The molecule has 0 spiro atoms. The lowest BCUT2D eigenvalue weighted by Gasteiger charge is -2.24. The number of hydrogen-bond acceptors (Lipinski definition) is 5. The fraction of sp³-hybridized carbons (Fsp3) is 0.778. The van der Waals surface area contributed by atoms with Gasteiger partial charge in [-0.25, -0.2) is 0 Å². The highest BCUT2D eigenvalue weighted by Gasteiger charge is 2.12. The summed E-state index contributed by atoms with van der Waals surface area (Å²) in [5.74, 6) is 0.622. The molecule has 0 fully saturated rings. The van der Waals surface area contributed by atoms with Crippen molar-refractivity contribution in [1.82, 2.24) is 15.0 Å². The Morgan fingerprint density at radius 3 is 2.86 bits per heavy atom. The average molecular weight is 199 g/mol. The smallest absolute Gasteiger partial charge is 0.240 e. The SMILES string of the molecule is CC(C)N(CCCO)Cc1ncno1. The molecule has 5 nitrogen and oxygen atoms in total. The fourth-order valence-electron chi connectivity index (χ4n) is 1.23. The second kappa shape index (κ2) is 5.72. The summed E-state index contributed by atoms with van der Waals surface area (Å²) in [6, 6.07) is 0.411. The zero-order chi connectivity index (χ0) is 10.4. The van der Waals surface area contributed by atoms with Gasteiger partial charge in [-0.05, 0) is 20.3 Å². The van der Waals surface area contributed by atoms with Crippen molar-refractivity contribution in [2.24, 2.45) is 0 Å². The van der Waals surface area contributed by atoms with Crippen molar-refractivity contribution in [1.29, 1.82) is 0 Å². The first kappa shape index (κ1) is 11.1. The minimum Gasteiger partial charge on any atom is -0.396 e. The van der Waals surface area contributed by atoms with Crippen LogP contribution < -0.4 is 0 Å². The summed E-state index contributed by atoms with van der Waals surface area (Å²) in [7, 11) is 0. The second-order valence-corrected chi connectivity index (χ2v) is 3.48. The molecule has 0 amide bonds. The van der Waals surface area contributed by atoms with Gasteiger partial charge in [-0.1, -0.05) is 5.16 Å². The average Bonchev–Trinajstić information content (AvgIpc) is 2.64. The van der Waals surface area contributed by atoms with Gasteiger partial charge in [-0.15, -0.1) is 0 Å². The zero-order valence-electron chi connectivity index (χ0n) is 8.68. The van der Waals surface area contributed by atoms with E-state index in [9.17, 15) is 0 Å². The van der Waals surface area contributed by atoms with Crippen molar-refractivity contribution in [3.05, 3.63) is 12.2 Å². The van der Waals surface area contributed by atoms with Crippen molar-refractivity contribution in [2.45, 2.75) is 32.9 Å². The quantitative estimate of drug-likeness (QED) is 0.729. The molecule has 0 aromatic carbocycles. The molecule has 14 heavy (non-hydrogen) atoms. The Hall–Kier alpha value is -0.940. The van der Waals surface area contributed by atoms with E-state index in [2.05, 4.69) is 28.9 Å². The van der Waals surface area contributed by atoms with Crippen LogP contribution in [0.1, 0.15) is 26.2 Å². The summed E-state index contributed by atoms with van der Waals surface area (Å²) in [6.45, 7) is 5.92. The third-order valence-electron chi connectivity index (χ3n) is 2.08. The lowest BCUT2D eigenvalue weighted by Crippen LogP contribution is -2.31. The second-order valence-electron chi connectivity index (χ2n) is 3.48. The van der Waals surface area contributed by atoms with Crippen LogP contribution in [0.4, 0.5) is 0 Å². The van der Waals surface area contributed by atoms with Crippen LogP contribution >= 0.6 is 0 Å². The van der Waals surface area contributed by atoms with Gasteiger partial charge < -0.3 is 9.63 Å². The molecule has 0 aliphatic rings. The van der Waals surface area contributed by atoms with E-state index in [1.54, 1.807) is 0 Å². The first-order chi connectivity index (χ1) is 6.74. The van der Waals surface area contributed by atoms with Gasteiger partial charge >= 0.3 is 0 Å². The molecule has 0 saturated heterocycles. The number of aliphatic hydroxyl groups excluding tert-OH is 1. The molecular weight excluding hydrogens is 182 g/mol. The van der Waals surface area contributed by atoms with E-state index in [1.807, 2.05) is 0 Å². The van der Waals surface area contributed by atoms with Gasteiger partial charge in [0, 0.05) is 19.2 Å². The molecule has 0 aliphatic heterocycles. The van der Waals surface area contributed by atoms with Crippen molar-refractivity contribution >= 4 is 0 Å². The summed E-state index contributed by atoms with van der Waals surface area (Å²) in [6.07, 6.45) is 2.17. The summed E-state index contributed by atoms with van der Waals surface area (Å²) >= 11 is 0. The third-order valence-corrected chi connectivity index (χ3v) is 2.08. The van der Waals surface area contributed by atoms with E-state index in [0.29, 0.717) is 18.5 Å². The van der Waals surface area contributed by atoms with E-state index in [-0.39, 0.29) is 6.61 Å².